The minimum atomic E-state index is -0.274. The molecule has 1 heterocycles. The Morgan fingerprint density at radius 2 is 2.21 bits per heavy atom. The summed E-state index contributed by atoms with van der Waals surface area (Å²) in [5.41, 5.74) is 7.06. The number of hydrogen-bond acceptors (Lipinski definition) is 2. The van der Waals surface area contributed by atoms with Crippen LogP contribution in [0.25, 0.3) is 11.0 Å². The Kier molecular flexibility index (Phi) is 2.56. The zero-order chi connectivity index (χ0) is 10.1. The third kappa shape index (κ3) is 1.55. The van der Waals surface area contributed by atoms with Crippen LogP contribution < -0.4 is 5.73 Å². The van der Waals surface area contributed by atoms with Crippen LogP contribution in [0.5, 0.6) is 0 Å². The van der Waals surface area contributed by atoms with Crippen molar-refractivity contribution in [3.63, 3.8) is 0 Å². The van der Waals surface area contributed by atoms with E-state index in [9.17, 15) is 4.39 Å². The summed E-state index contributed by atoms with van der Waals surface area (Å²) < 4.78 is 19.0. The molecule has 0 saturated carbocycles. The SMILES string of the molecule is NCCc1coc2c(Br)cc(F)cc12. The monoisotopic (exact) mass is 257 g/mol. The van der Waals surface area contributed by atoms with Crippen LogP contribution >= 0.6 is 15.9 Å². The van der Waals surface area contributed by atoms with E-state index in [2.05, 4.69) is 15.9 Å². The van der Waals surface area contributed by atoms with Crippen LogP contribution in [-0.4, -0.2) is 6.54 Å². The first kappa shape index (κ1) is 9.68. The molecule has 1 aromatic heterocycles. The van der Waals surface area contributed by atoms with Crippen LogP contribution in [0.15, 0.2) is 27.3 Å². The van der Waals surface area contributed by atoms with Crippen molar-refractivity contribution in [2.75, 3.05) is 6.54 Å². The molecule has 0 spiro atoms. The Balaban J connectivity index is 2.66. The Morgan fingerprint density at radius 3 is 2.93 bits per heavy atom. The molecule has 0 saturated heterocycles. The third-order valence-corrected chi connectivity index (χ3v) is 2.68. The van der Waals surface area contributed by atoms with E-state index in [4.69, 9.17) is 10.2 Å². The normalized spacial score (nSPS) is 11.1. The number of benzene rings is 1. The van der Waals surface area contributed by atoms with Crippen LogP contribution in [0.3, 0.4) is 0 Å². The summed E-state index contributed by atoms with van der Waals surface area (Å²) in [4.78, 5) is 0. The lowest BCUT2D eigenvalue weighted by Gasteiger charge is -1.96. The molecular weight excluding hydrogens is 249 g/mol. The Hall–Kier alpha value is -0.870. The van der Waals surface area contributed by atoms with Gasteiger partial charge in [0.25, 0.3) is 0 Å². The van der Waals surface area contributed by atoms with Gasteiger partial charge in [0.1, 0.15) is 11.4 Å². The minimum Gasteiger partial charge on any atom is -0.463 e. The number of hydrogen-bond donors (Lipinski definition) is 1. The summed E-state index contributed by atoms with van der Waals surface area (Å²) in [6.45, 7) is 0.531. The van der Waals surface area contributed by atoms with Crippen molar-refractivity contribution < 1.29 is 8.81 Å². The van der Waals surface area contributed by atoms with Gasteiger partial charge in [-0.3, -0.25) is 0 Å². The first-order chi connectivity index (χ1) is 6.72. The number of rotatable bonds is 2. The average molecular weight is 258 g/mol. The fourth-order valence-electron chi connectivity index (χ4n) is 1.46. The van der Waals surface area contributed by atoms with Crippen molar-refractivity contribution >= 4 is 26.9 Å². The molecule has 0 aliphatic rings. The molecule has 4 heteroatoms. The third-order valence-electron chi connectivity index (χ3n) is 2.09. The summed E-state index contributed by atoms with van der Waals surface area (Å²) in [7, 11) is 0. The van der Waals surface area contributed by atoms with Gasteiger partial charge in [-0.2, -0.15) is 0 Å². The number of halogens is 2. The molecule has 0 amide bonds. The molecule has 0 aliphatic carbocycles. The van der Waals surface area contributed by atoms with Gasteiger partial charge >= 0.3 is 0 Å². The molecule has 14 heavy (non-hydrogen) atoms. The highest BCUT2D eigenvalue weighted by atomic mass is 79.9. The summed E-state index contributed by atoms with van der Waals surface area (Å²) in [5, 5.41) is 0.794. The van der Waals surface area contributed by atoms with E-state index in [1.807, 2.05) is 0 Å². The van der Waals surface area contributed by atoms with Gasteiger partial charge in [0.2, 0.25) is 0 Å². The molecule has 0 unspecified atom stereocenters. The van der Waals surface area contributed by atoms with E-state index in [1.54, 1.807) is 6.26 Å². The van der Waals surface area contributed by atoms with Gasteiger partial charge < -0.3 is 10.2 Å². The second-order valence-corrected chi connectivity index (χ2v) is 3.92. The van der Waals surface area contributed by atoms with E-state index in [0.29, 0.717) is 23.0 Å². The summed E-state index contributed by atoms with van der Waals surface area (Å²) in [6, 6.07) is 2.85. The highest BCUT2D eigenvalue weighted by molar-refractivity contribution is 9.10. The zero-order valence-corrected chi connectivity index (χ0v) is 8.97. The predicted octanol–water partition coefficient (Wildman–Crippen LogP) is 2.84. The predicted molar refractivity (Wildman–Crippen MR) is 56.6 cm³/mol. The van der Waals surface area contributed by atoms with Crippen LogP contribution in [-0.2, 0) is 6.42 Å². The van der Waals surface area contributed by atoms with Gasteiger partial charge in [-0.1, -0.05) is 0 Å². The van der Waals surface area contributed by atoms with Gasteiger partial charge in [0.05, 0.1) is 10.7 Å². The van der Waals surface area contributed by atoms with Crippen molar-refractivity contribution in [3.8, 4) is 0 Å². The van der Waals surface area contributed by atoms with Crippen LogP contribution in [0.1, 0.15) is 5.56 Å². The van der Waals surface area contributed by atoms with Crippen molar-refractivity contribution in [3.05, 3.63) is 34.2 Å². The zero-order valence-electron chi connectivity index (χ0n) is 7.39. The molecule has 2 N–H and O–H groups in total. The molecule has 1 aromatic carbocycles. The largest absolute Gasteiger partial charge is 0.463 e. The van der Waals surface area contributed by atoms with Crippen molar-refractivity contribution in [1.29, 1.82) is 0 Å². The van der Waals surface area contributed by atoms with Crippen LogP contribution in [0.4, 0.5) is 4.39 Å². The number of fused-ring (bicyclic) bond motifs is 1. The minimum absolute atomic E-state index is 0.274. The van der Waals surface area contributed by atoms with E-state index < -0.39 is 0 Å². The van der Waals surface area contributed by atoms with Crippen LogP contribution in [0, 0.1) is 5.82 Å². The fraction of sp³-hybridized carbons (Fsp3) is 0.200. The molecule has 2 rings (SSSR count). The molecule has 0 atom stereocenters. The van der Waals surface area contributed by atoms with Crippen molar-refractivity contribution in [1.82, 2.24) is 0 Å². The van der Waals surface area contributed by atoms with Gasteiger partial charge in [0, 0.05) is 5.39 Å². The summed E-state index contributed by atoms with van der Waals surface area (Å²) in [5.74, 6) is -0.274. The van der Waals surface area contributed by atoms with Gasteiger partial charge in [0.15, 0.2) is 0 Å². The smallest absolute Gasteiger partial charge is 0.148 e. The maximum Gasteiger partial charge on any atom is 0.148 e. The Morgan fingerprint density at radius 1 is 1.43 bits per heavy atom. The number of furan rings is 1. The van der Waals surface area contributed by atoms with Gasteiger partial charge in [-0.05, 0) is 46.6 Å². The molecule has 0 fully saturated rings. The molecule has 0 radical (unpaired) electrons. The molecular formula is C10H9BrFNO. The Labute approximate surface area is 89.0 Å². The standard InChI is InChI=1S/C10H9BrFNO/c11-9-4-7(12)3-8-6(1-2-13)5-14-10(8)9/h3-5H,1-2,13H2. The van der Waals surface area contributed by atoms with Gasteiger partial charge in [-0.15, -0.1) is 0 Å². The number of nitrogens with two attached hydrogens (primary N) is 1. The highest BCUT2D eigenvalue weighted by Crippen LogP contribution is 2.29. The van der Waals surface area contributed by atoms with Crippen LogP contribution in [0.2, 0.25) is 0 Å². The van der Waals surface area contributed by atoms with Crippen molar-refractivity contribution in [2.24, 2.45) is 5.73 Å². The second-order valence-electron chi connectivity index (χ2n) is 3.06. The lowest BCUT2D eigenvalue weighted by Crippen LogP contribution is -2.01. The summed E-state index contributed by atoms with van der Waals surface area (Å²) in [6.07, 6.45) is 2.32. The molecule has 0 aliphatic heterocycles. The average Bonchev–Trinajstić information content (AvgIpc) is 2.49. The first-order valence-electron chi connectivity index (χ1n) is 4.27. The quantitative estimate of drug-likeness (QED) is 0.899. The molecule has 0 bridgehead atoms. The fourth-order valence-corrected chi connectivity index (χ4v) is 1.99. The van der Waals surface area contributed by atoms with E-state index in [-0.39, 0.29) is 5.82 Å². The van der Waals surface area contributed by atoms with E-state index in [1.165, 1.54) is 12.1 Å². The van der Waals surface area contributed by atoms with Crippen molar-refractivity contribution in [2.45, 2.75) is 6.42 Å². The Bertz CT molecular complexity index is 466. The molecule has 2 nitrogen and oxygen atoms in total. The van der Waals surface area contributed by atoms with E-state index >= 15 is 0 Å². The first-order valence-corrected chi connectivity index (χ1v) is 5.07. The maximum atomic E-state index is 13.1. The van der Waals surface area contributed by atoms with E-state index in [0.717, 1.165) is 10.9 Å². The molecule has 2 aromatic rings. The summed E-state index contributed by atoms with van der Waals surface area (Å²) >= 11 is 3.25. The lowest BCUT2D eigenvalue weighted by atomic mass is 10.1. The second kappa shape index (κ2) is 3.71. The van der Waals surface area contributed by atoms with Gasteiger partial charge in [-0.25, -0.2) is 4.39 Å². The topological polar surface area (TPSA) is 39.2 Å². The lowest BCUT2D eigenvalue weighted by molar-refractivity contribution is 0.603. The molecule has 74 valence electrons. The highest BCUT2D eigenvalue weighted by Gasteiger charge is 2.09. The maximum absolute atomic E-state index is 13.1.